The first-order valence-electron chi connectivity index (χ1n) is 6.23. The summed E-state index contributed by atoms with van der Waals surface area (Å²) < 4.78 is 12.8. The van der Waals surface area contributed by atoms with Crippen LogP contribution in [-0.2, 0) is 6.54 Å². The predicted molar refractivity (Wildman–Crippen MR) is 81.0 cm³/mol. The van der Waals surface area contributed by atoms with E-state index in [0.29, 0.717) is 16.8 Å². The second-order valence-corrected chi connectivity index (χ2v) is 5.35. The van der Waals surface area contributed by atoms with Gasteiger partial charge in [0, 0.05) is 18.7 Å². The Bertz CT molecular complexity index is 801. The number of carbonyl (C=O) groups is 1. The van der Waals surface area contributed by atoms with E-state index >= 15 is 0 Å². The molecule has 0 bridgehead atoms. The number of aromatic carboxylic acids is 1. The highest BCUT2D eigenvalue weighted by Gasteiger charge is 2.18. The third kappa shape index (κ3) is 2.54. The number of rotatable bonds is 4. The van der Waals surface area contributed by atoms with Crippen LogP contribution in [0.5, 0.6) is 5.75 Å². The summed E-state index contributed by atoms with van der Waals surface area (Å²) in [5.41, 5.74) is 2.48. The van der Waals surface area contributed by atoms with Crippen LogP contribution in [0.4, 0.5) is 0 Å². The molecular weight excluding hydrogens is 338 g/mol. The molecule has 6 heteroatoms. The van der Waals surface area contributed by atoms with Gasteiger partial charge in [-0.1, -0.05) is 12.1 Å². The van der Waals surface area contributed by atoms with E-state index in [0.717, 1.165) is 16.8 Å². The lowest BCUT2D eigenvalue weighted by molar-refractivity contribution is 0.0686. The van der Waals surface area contributed by atoms with Crippen molar-refractivity contribution < 1.29 is 19.1 Å². The summed E-state index contributed by atoms with van der Waals surface area (Å²) >= 11 is 3.26. The van der Waals surface area contributed by atoms with Crippen LogP contribution >= 0.6 is 15.9 Å². The topological polar surface area (TPSA) is 64.6 Å². The zero-order chi connectivity index (χ0) is 15.0. The smallest absolute Gasteiger partial charge is 0.352 e. The van der Waals surface area contributed by atoms with Gasteiger partial charge in [-0.15, -0.1) is 0 Å². The van der Waals surface area contributed by atoms with Crippen LogP contribution in [0.1, 0.15) is 16.1 Å². The molecule has 3 rings (SSSR count). The Kier molecular flexibility index (Phi) is 3.47. The van der Waals surface area contributed by atoms with Gasteiger partial charge in [-0.2, -0.15) is 0 Å². The maximum atomic E-state index is 11.4. The molecule has 0 saturated carbocycles. The maximum Gasteiger partial charge on any atom is 0.352 e. The van der Waals surface area contributed by atoms with Crippen molar-refractivity contribution in [2.75, 3.05) is 7.11 Å². The Labute approximate surface area is 128 Å². The molecular formula is C15H12BrNO4. The van der Waals surface area contributed by atoms with E-state index in [2.05, 4.69) is 15.9 Å². The summed E-state index contributed by atoms with van der Waals surface area (Å²) in [6.45, 7) is 0.446. The van der Waals surface area contributed by atoms with E-state index < -0.39 is 5.97 Å². The summed E-state index contributed by atoms with van der Waals surface area (Å²) in [6.07, 6.45) is 0. The lowest BCUT2D eigenvalue weighted by atomic mass is 10.2. The van der Waals surface area contributed by atoms with Crippen molar-refractivity contribution in [3.05, 3.63) is 52.3 Å². The van der Waals surface area contributed by atoms with Gasteiger partial charge in [-0.05, 0) is 33.6 Å². The summed E-state index contributed by atoms with van der Waals surface area (Å²) in [7, 11) is 1.61. The number of nitrogens with zero attached hydrogens (tertiary/aromatic N) is 1. The van der Waals surface area contributed by atoms with Crippen molar-refractivity contribution >= 4 is 33.0 Å². The van der Waals surface area contributed by atoms with Gasteiger partial charge in [-0.3, -0.25) is 0 Å². The van der Waals surface area contributed by atoms with Crippen LogP contribution < -0.4 is 4.74 Å². The number of halogens is 1. The molecule has 0 radical (unpaired) electrons. The second kappa shape index (κ2) is 5.29. The lowest BCUT2D eigenvalue weighted by Gasteiger charge is -2.08. The molecule has 2 aromatic heterocycles. The molecule has 0 saturated heterocycles. The maximum absolute atomic E-state index is 11.4. The lowest BCUT2D eigenvalue weighted by Crippen LogP contribution is -2.09. The third-order valence-electron chi connectivity index (χ3n) is 3.28. The summed E-state index contributed by atoms with van der Waals surface area (Å²) in [6, 6.07) is 10.8. The first-order chi connectivity index (χ1) is 10.1. The van der Waals surface area contributed by atoms with Gasteiger partial charge in [0.25, 0.3) is 0 Å². The van der Waals surface area contributed by atoms with Crippen molar-refractivity contribution in [2.45, 2.75) is 6.54 Å². The fourth-order valence-electron chi connectivity index (χ4n) is 2.27. The number of furan rings is 1. The third-order valence-corrected chi connectivity index (χ3v) is 3.67. The van der Waals surface area contributed by atoms with Crippen molar-refractivity contribution in [1.29, 1.82) is 0 Å². The quantitative estimate of drug-likeness (QED) is 0.778. The van der Waals surface area contributed by atoms with Gasteiger partial charge in [-0.25, -0.2) is 4.79 Å². The predicted octanol–water partition coefficient (Wildman–Crippen LogP) is 3.75. The molecule has 0 aliphatic rings. The molecule has 0 atom stereocenters. The minimum atomic E-state index is -0.981. The number of hydrogen-bond acceptors (Lipinski definition) is 3. The molecule has 0 aliphatic heterocycles. The summed E-state index contributed by atoms with van der Waals surface area (Å²) in [4.78, 5) is 11.4. The molecule has 1 N–H and O–H groups in total. The highest BCUT2D eigenvalue weighted by molar-refractivity contribution is 9.10. The first-order valence-corrected chi connectivity index (χ1v) is 7.02. The molecule has 5 nitrogen and oxygen atoms in total. The standard InChI is InChI=1S/C15H12BrNO4/c1-20-10-4-2-9(3-5-10)8-17-11-7-14(16)21-13(11)6-12(17)15(18)19/h2-7H,8H2,1H3,(H,18,19). The number of ether oxygens (including phenoxy) is 1. The number of hydrogen-bond donors (Lipinski definition) is 1. The molecule has 108 valence electrons. The van der Waals surface area contributed by atoms with Crippen LogP contribution in [0.2, 0.25) is 0 Å². The van der Waals surface area contributed by atoms with E-state index in [-0.39, 0.29) is 5.69 Å². The van der Waals surface area contributed by atoms with Gasteiger partial charge >= 0.3 is 5.97 Å². The van der Waals surface area contributed by atoms with Gasteiger partial charge < -0.3 is 18.8 Å². The average Bonchev–Trinajstić information content (AvgIpc) is 2.97. The molecule has 0 fully saturated rings. The normalized spacial score (nSPS) is 11.0. The monoisotopic (exact) mass is 349 g/mol. The second-order valence-electron chi connectivity index (χ2n) is 4.57. The number of benzene rings is 1. The van der Waals surface area contributed by atoms with E-state index in [1.807, 2.05) is 24.3 Å². The minimum Gasteiger partial charge on any atom is -0.497 e. The van der Waals surface area contributed by atoms with E-state index in [1.165, 1.54) is 6.07 Å². The van der Waals surface area contributed by atoms with Crippen molar-refractivity contribution in [3.63, 3.8) is 0 Å². The highest BCUT2D eigenvalue weighted by atomic mass is 79.9. The number of carboxylic acid groups (broad SMARTS) is 1. The molecule has 3 aromatic rings. The Balaban J connectivity index is 2.04. The van der Waals surface area contributed by atoms with E-state index in [9.17, 15) is 9.90 Å². The minimum absolute atomic E-state index is 0.201. The first kappa shape index (κ1) is 13.8. The van der Waals surface area contributed by atoms with E-state index in [4.69, 9.17) is 9.15 Å². The Morgan fingerprint density at radius 3 is 2.67 bits per heavy atom. The number of methoxy groups -OCH3 is 1. The van der Waals surface area contributed by atoms with Gasteiger partial charge in [0.2, 0.25) is 0 Å². The fraction of sp³-hybridized carbons (Fsp3) is 0.133. The summed E-state index contributed by atoms with van der Waals surface area (Å²) in [5, 5.41) is 9.32. The zero-order valence-corrected chi connectivity index (χ0v) is 12.8. The van der Waals surface area contributed by atoms with Gasteiger partial charge in [0.1, 0.15) is 11.4 Å². The van der Waals surface area contributed by atoms with Crippen molar-refractivity contribution in [3.8, 4) is 5.75 Å². The number of fused-ring (bicyclic) bond motifs is 1. The van der Waals surface area contributed by atoms with E-state index in [1.54, 1.807) is 17.7 Å². The Morgan fingerprint density at radius 2 is 2.05 bits per heavy atom. The van der Waals surface area contributed by atoms with Crippen LogP contribution in [0.25, 0.3) is 11.1 Å². The van der Waals surface area contributed by atoms with Crippen molar-refractivity contribution in [1.82, 2.24) is 4.57 Å². The molecule has 0 spiro atoms. The zero-order valence-electron chi connectivity index (χ0n) is 11.2. The Hall–Kier alpha value is -2.21. The average molecular weight is 350 g/mol. The molecule has 0 amide bonds. The number of aromatic nitrogens is 1. The highest BCUT2D eigenvalue weighted by Crippen LogP contribution is 2.28. The van der Waals surface area contributed by atoms with Crippen molar-refractivity contribution in [2.24, 2.45) is 0 Å². The molecule has 2 heterocycles. The summed E-state index contributed by atoms with van der Waals surface area (Å²) in [5.74, 6) is -0.216. The van der Waals surface area contributed by atoms with Gasteiger partial charge in [0.05, 0.1) is 12.6 Å². The fourth-order valence-corrected chi connectivity index (χ4v) is 2.66. The molecule has 21 heavy (non-hydrogen) atoms. The largest absolute Gasteiger partial charge is 0.497 e. The van der Waals surface area contributed by atoms with Crippen LogP contribution in [0, 0.1) is 0 Å². The Morgan fingerprint density at radius 1 is 1.33 bits per heavy atom. The van der Waals surface area contributed by atoms with Gasteiger partial charge in [0.15, 0.2) is 10.3 Å². The number of carboxylic acids is 1. The molecule has 1 aromatic carbocycles. The van der Waals surface area contributed by atoms with Crippen LogP contribution in [-0.4, -0.2) is 22.8 Å². The van der Waals surface area contributed by atoms with Crippen LogP contribution in [0.3, 0.4) is 0 Å². The SMILES string of the molecule is COc1ccc(Cn2c(C(=O)O)cc3oc(Br)cc32)cc1. The molecule has 0 unspecified atom stereocenters. The van der Waals surface area contributed by atoms with Crippen LogP contribution in [0.15, 0.2) is 45.5 Å². The molecule has 0 aliphatic carbocycles.